The summed E-state index contributed by atoms with van der Waals surface area (Å²) < 4.78 is 0. The standard InChI is InChI=1S/C6H15N.C3H4O2/c1-5(2)6(3,4)7;1-2-3(4)5/h5H,7H2,1-4H3;2H,1H2,(H,4,5). The van der Waals surface area contributed by atoms with Crippen LogP contribution in [0.1, 0.15) is 27.7 Å². The summed E-state index contributed by atoms with van der Waals surface area (Å²) in [7, 11) is 0. The number of nitrogens with two attached hydrogens (primary N) is 1. The first-order valence-electron chi connectivity index (χ1n) is 3.86. The second kappa shape index (κ2) is 5.77. The molecule has 12 heavy (non-hydrogen) atoms. The van der Waals surface area contributed by atoms with Gasteiger partial charge in [-0.25, -0.2) is 4.79 Å². The zero-order chi connectivity index (χ0) is 10.4. The van der Waals surface area contributed by atoms with E-state index in [1.807, 2.05) is 13.8 Å². The van der Waals surface area contributed by atoms with Crippen LogP contribution in [0.15, 0.2) is 12.7 Å². The van der Waals surface area contributed by atoms with Crippen LogP contribution < -0.4 is 5.73 Å². The van der Waals surface area contributed by atoms with E-state index in [2.05, 4.69) is 20.4 Å². The molecule has 0 rings (SSSR count). The molecular weight excluding hydrogens is 154 g/mol. The third-order valence-corrected chi connectivity index (χ3v) is 1.66. The molecule has 3 heteroatoms. The maximum atomic E-state index is 9.25. The maximum Gasteiger partial charge on any atom is 0.327 e. The molecule has 0 aliphatic heterocycles. The van der Waals surface area contributed by atoms with Gasteiger partial charge >= 0.3 is 5.97 Å². The number of hydrogen-bond donors (Lipinski definition) is 2. The molecule has 0 saturated carbocycles. The van der Waals surface area contributed by atoms with Crippen LogP contribution in [0, 0.1) is 5.92 Å². The van der Waals surface area contributed by atoms with Gasteiger partial charge in [-0.15, -0.1) is 0 Å². The Hall–Kier alpha value is -0.830. The molecule has 0 aromatic heterocycles. The molecule has 3 nitrogen and oxygen atoms in total. The van der Waals surface area contributed by atoms with Crippen LogP contribution in [-0.2, 0) is 4.79 Å². The molecule has 0 radical (unpaired) electrons. The Morgan fingerprint density at radius 3 is 1.75 bits per heavy atom. The Bertz CT molecular complexity index is 145. The van der Waals surface area contributed by atoms with E-state index in [0.717, 1.165) is 6.08 Å². The third kappa shape index (κ3) is 11.9. The number of carboxylic acid groups (broad SMARTS) is 1. The second-order valence-corrected chi connectivity index (χ2v) is 3.52. The van der Waals surface area contributed by atoms with Crippen LogP contribution in [0.2, 0.25) is 0 Å². The van der Waals surface area contributed by atoms with Gasteiger partial charge in [0.05, 0.1) is 0 Å². The smallest absolute Gasteiger partial charge is 0.327 e. The Morgan fingerprint density at radius 2 is 1.75 bits per heavy atom. The van der Waals surface area contributed by atoms with Gasteiger partial charge in [-0.2, -0.15) is 0 Å². The largest absolute Gasteiger partial charge is 0.478 e. The quantitative estimate of drug-likeness (QED) is 0.624. The Labute approximate surface area is 74.3 Å². The van der Waals surface area contributed by atoms with E-state index in [1.165, 1.54) is 0 Å². The Kier molecular flexibility index (Phi) is 6.61. The lowest BCUT2D eigenvalue weighted by Crippen LogP contribution is -2.37. The van der Waals surface area contributed by atoms with Gasteiger partial charge in [0.15, 0.2) is 0 Å². The molecule has 0 amide bonds. The normalized spacial score (nSPS) is 10.2. The molecule has 3 N–H and O–H groups in total. The van der Waals surface area contributed by atoms with Gasteiger partial charge in [0.2, 0.25) is 0 Å². The topological polar surface area (TPSA) is 63.3 Å². The molecular formula is C9H19NO2. The van der Waals surface area contributed by atoms with Gasteiger partial charge in [0, 0.05) is 11.6 Å². The number of hydrogen-bond acceptors (Lipinski definition) is 2. The highest BCUT2D eigenvalue weighted by Crippen LogP contribution is 2.09. The molecule has 72 valence electrons. The first-order chi connectivity index (χ1) is 5.21. The highest BCUT2D eigenvalue weighted by Gasteiger charge is 2.14. The van der Waals surface area contributed by atoms with Gasteiger partial charge in [0.25, 0.3) is 0 Å². The van der Waals surface area contributed by atoms with Gasteiger partial charge < -0.3 is 10.8 Å². The van der Waals surface area contributed by atoms with Crippen molar-refractivity contribution in [1.82, 2.24) is 0 Å². The van der Waals surface area contributed by atoms with Crippen molar-refractivity contribution < 1.29 is 9.90 Å². The van der Waals surface area contributed by atoms with Gasteiger partial charge in [-0.3, -0.25) is 0 Å². The predicted octanol–water partition coefficient (Wildman–Crippen LogP) is 1.64. The molecule has 0 bridgehead atoms. The van der Waals surface area contributed by atoms with Crippen molar-refractivity contribution in [3.63, 3.8) is 0 Å². The molecule has 0 aromatic carbocycles. The summed E-state index contributed by atoms with van der Waals surface area (Å²) in [5.41, 5.74) is 5.68. The lowest BCUT2D eigenvalue weighted by atomic mass is 9.92. The van der Waals surface area contributed by atoms with Crippen molar-refractivity contribution in [2.75, 3.05) is 0 Å². The van der Waals surface area contributed by atoms with Crippen LogP contribution in [-0.4, -0.2) is 16.6 Å². The lowest BCUT2D eigenvalue weighted by Gasteiger charge is -2.22. The van der Waals surface area contributed by atoms with Crippen molar-refractivity contribution in [2.24, 2.45) is 11.7 Å². The molecule has 0 fully saturated rings. The summed E-state index contributed by atoms with van der Waals surface area (Å²) in [5.74, 6) is -0.405. The molecule has 0 aromatic rings. The molecule has 0 atom stereocenters. The summed E-state index contributed by atoms with van der Waals surface area (Å²) in [4.78, 5) is 9.25. The Morgan fingerprint density at radius 1 is 1.58 bits per heavy atom. The second-order valence-electron chi connectivity index (χ2n) is 3.52. The number of carboxylic acids is 1. The minimum Gasteiger partial charge on any atom is -0.478 e. The summed E-state index contributed by atoms with van der Waals surface area (Å²) >= 11 is 0. The fraction of sp³-hybridized carbons (Fsp3) is 0.667. The molecule has 0 aliphatic carbocycles. The fourth-order valence-electron chi connectivity index (χ4n) is 0. The van der Waals surface area contributed by atoms with Crippen LogP contribution in [0.3, 0.4) is 0 Å². The average molecular weight is 173 g/mol. The van der Waals surface area contributed by atoms with Crippen molar-refractivity contribution in [3.05, 3.63) is 12.7 Å². The van der Waals surface area contributed by atoms with E-state index in [9.17, 15) is 4.79 Å². The third-order valence-electron chi connectivity index (χ3n) is 1.66. The molecule has 0 heterocycles. The van der Waals surface area contributed by atoms with Crippen LogP contribution in [0.25, 0.3) is 0 Å². The van der Waals surface area contributed by atoms with E-state index < -0.39 is 5.97 Å². The molecule has 0 saturated heterocycles. The zero-order valence-electron chi connectivity index (χ0n) is 8.29. The minimum atomic E-state index is -0.981. The van der Waals surface area contributed by atoms with E-state index in [4.69, 9.17) is 10.8 Å². The first-order valence-corrected chi connectivity index (χ1v) is 3.86. The summed E-state index contributed by atoms with van der Waals surface area (Å²) in [6.45, 7) is 11.3. The monoisotopic (exact) mass is 173 g/mol. The number of rotatable bonds is 2. The number of aliphatic carboxylic acids is 1. The van der Waals surface area contributed by atoms with Crippen molar-refractivity contribution >= 4 is 5.97 Å². The average Bonchev–Trinajstić information content (AvgIpc) is 1.87. The lowest BCUT2D eigenvalue weighted by molar-refractivity contribution is -0.131. The van der Waals surface area contributed by atoms with Gasteiger partial charge in [-0.05, 0) is 19.8 Å². The fourth-order valence-corrected chi connectivity index (χ4v) is 0. The summed E-state index contributed by atoms with van der Waals surface area (Å²) in [5, 5.41) is 7.60. The van der Waals surface area contributed by atoms with E-state index in [-0.39, 0.29) is 5.54 Å². The molecule has 0 unspecified atom stereocenters. The van der Waals surface area contributed by atoms with Gasteiger partial charge in [0.1, 0.15) is 0 Å². The van der Waals surface area contributed by atoms with Crippen LogP contribution in [0.4, 0.5) is 0 Å². The predicted molar refractivity (Wildman–Crippen MR) is 50.9 cm³/mol. The minimum absolute atomic E-state index is 0. The highest BCUT2D eigenvalue weighted by atomic mass is 16.4. The van der Waals surface area contributed by atoms with Crippen LogP contribution in [0.5, 0.6) is 0 Å². The highest BCUT2D eigenvalue weighted by molar-refractivity contribution is 5.78. The van der Waals surface area contributed by atoms with E-state index >= 15 is 0 Å². The van der Waals surface area contributed by atoms with Gasteiger partial charge in [-0.1, -0.05) is 20.4 Å². The van der Waals surface area contributed by atoms with Crippen LogP contribution >= 0.6 is 0 Å². The van der Waals surface area contributed by atoms with Crippen molar-refractivity contribution in [1.29, 1.82) is 0 Å². The number of carbonyl (C=O) groups is 1. The van der Waals surface area contributed by atoms with Crippen molar-refractivity contribution in [2.45, 2.75) is 33.2 Å². The maximum absolute atomic E-state index is 9.25. The molecule has 0 spiro atoms. The summed E-state index contributed by atoms with van der Waals surface area (Å²) in [6, 6.07) is 0. The zero-order valence-corrected chi connectivity index (χ0v) is 8.29. The van der Waals surface area contributed by atoms with E-state index in [1.54, 1.807) is 0 Å². The summed E-state index contributed by atoms with van der Waals surface area (Å²) in [6.07, 6.45) is 0.833. The SMILES string of the molecule is C=CC(=O)O.CC(C)C(C)(C)N. The van der Waals surface area contributed by atoms with E-state index in [0.29, 0.717) is 5.92 Å². The first kappa shape index (κ1) is 13.7. The Balaban J connectivity index is 0. The van der Waals surface area contributed by atoms with Crippen molar-refractivity contribution in [3.8, 4) is 0 Å². The molecule has 0 aliphatic rings.